The van der Waals surface area contributed by atoms with E-state index in [0.29, 0.717) is 6.04 Å². The summed E-state index contributed by atoms with van der Waals surface area (Å²) in [5.74, 6) is 0.379. The lowest BCUT2D eigenvalue weighted by molar-refractivity contribution is -0.125. The second-order valence-electron chi connectivity index (χ2n) is 6.06. The van der Waals surface area contributed by atoms with Crippen LogP contribution in [0.3, 0.4) is 0 Å². The van der Waals surface area contributed by atoms with E-state index in [1.54, 1.807) is 11.3 Å². The highest BCUT2D eigenvalue weighted by Crippen LogP contribution is 2.28. The maximum absolute atomic E-state index is 12.3. The van der Waals surface area contributed by atoms with Crippen LogP contribution in [0, 0.1) is 5.92 Å². The molecule has 2 unspecified atom stereocenters. The van der Waals surface area contributed by atoms with Crippen LogP contribution in [0.1, 0.15) is 36.6 Å². The molecule has 4 nitrogen and oxygen atoms in total. The van der Waals surface area contributed by atoms with E-state index in [1.807, 2.05) is 0 Å². The second kappa shape index (κ2) is 7.38. The Bertz CT molecular complexity index is 436. The fourth-order valence-corrected chi connectivity index (χ4v) is 4.22. The summed E-state index contributed by atoms with van der Waals surface area (Å²) in [4.78, 5) is 16.2. The Morgan fingerprint density at radius 2 is 2.29 bits per heavy atom. The standard InChI is InChI=1S/C16H25N3OS/c20-16(13-5-3-7-17-11-13)18-12-14(15-6-4-10-21-15)19-8-1-2-9-19/h4,6,10,13-14,17H,1-3,5,7-9,11-12H2,(H,18,20). The Morgan fingerprint density at radius 3 is 2.95 bits per heavy atom. The Balaban J connectivity index is 1.58. The van der Waals surface area contributed by atoms with Crippen LogP contribution in [0.15, 0.2) is 17.5 Å². The lowest BCUT2D eigenvalue weighted by atomic mass is 9.99. The van der Waals surface area contributed by atoms with Gasteiger partial charge in [0.2, 0.25) is 5.91 Å². The van der Waals surface area contributed by atoms with Crippen molar-refractivity contribution in [3.63, 3.8) is 0 Å². The second-order valence-corrected chi connectivity index (χ2v) is 7.04. The number of nitrogens with one attached hydrogen (secondary N) is 2. The van der Waals surface area contributed by atoms with Crippen LogP contribution in [0.2, 0.25) is 0 Å². The topological polar surface area (TPSA) is 44.4 Å². The molecule has 0 aromatic carbocycles. The van der Waals surface area contributed by atoms with Gasteiger partial charge in [-0.05, 0) is 56.8 Å². The number of nitrogens with zero attached hydrogens (tertiary/aromatic N) is 1. The van der Waals surface area contributed by atoms with E-state index in [2.05, 4.69) is 33.0 Å². The minimum atomic E-state index is 0.154. The highest BCUT2D eigenvalue weighted by atomic mass is 32.1. The van der Waals surface area contributed by atoms with Gasteiger partial charge in [0.15, 0.2) is 0 Å². The molecule has 2 saturated heterocycles. The number of hydrogen-bond donors (Lipinski definition) is 2. The molecule has 3 rings (SSSR count). The van der Waals surface area contributed by atoms with Crippen molar-refractivity contribution in [2.24, 2.45) is 5.92 Å². The van der Waals surface area contributed by atoms with Gasteiger partial charge in [0.25, 0.3) is 0 Å². The van der Waals surface area contributed by atoms with E-state index in [-0.39, 0.29) is 11.8 Å². The predicted molar refractivity (Wildman–Crippen MR) is 86.5 cm³/mol. The van der Waals surface area contributed by atoms with Crippen molar-refractivity contribution < 1.29 is 4.79 Å². The van der Waals surface area contributed by atoms with Crippen molar-refractivity contribution in [1.82, 2.24) is 15.5 Å². The third-order valence-electron chi connectivity index (χ3n) is 4.59. The number of hydrogen-bond acceptors (Lipinski definition) is 4. The van der Waals surface area contributed by atoms with Crippen LogP contribution in [0.25, 0.3) is 0 Å². The van der Waals surface area contributed by atoms with E-state index < -0.39 is 0 Å². The lowest BCUT2D eigenvalue weighted by Gasteiger charge is -2.28. The quantitative estimate of drug-likeness (QED) is 0.874. The average molecular weight is 307 g/mol. The fourth-order valence-electron chi connectivity index (χ4n) is 3.36. The fraction of sp³-hybridized carbons (Fsp3) is 0.688. The van der Waals surface area contributed by atoms with E-state index >= 15 is 0 Å². The Kier molecular flexibility index (Phi) is 5.27. The first-order valence-electron chi connectivity index (χ1n) is 8.10. The first kappa shape index (κ1) is 15.0. The molecule has 1 amide bonds. The van der Waals surface area contributed by atoms with E-state index in [4.69, 9.17) is 0 Å². The SMILES string of the molecule is O=C(NCC(c1cccs1)N1CCCC1)C1CCCNC1. The van der Waals surface area contributed by atoms with Crippen molar-refractivity contribution >= 4 is 17.2 Å². The zero-order valence-electron chi connectivity index (χ0n) is 12.5. The predicted octanol–water partition coefficient (Wildman–Crippen LogP) is 2.00. The van der Waals surface area contributed by atoms with E-state index in [0.717, 1.165) is 45.6 Å². The summed E-state index contributed by atoms with van der Waals surface area (Å²) in [7, 11) is 0. The third kappa shape index (κ3) is 3.84. The largest absolute Gasteiger partial charge is 0.354 e. The van der Waals surface area contributed by atoms with Crippen molar-refractivity contribution in [3.8, 4) is 0 Å². The highest BCUT2D eigenvalue weighted by molar-refractivity contribution is 7.10. The molecular formula is C16H25N3OS. The maximum Gasteiger partial charge on any atom is 0.224 e. The Labute approximate surface area is 130 Å². The molecule has 1 aromatic heterocycles. The van der Waals surface area contributed by atoms with Gasteiger partial charge in [-0.2, -0.15) is 0 Å². The molecule has 0 spiro atoms. The molecule has 2 N–H and O–H groups in total. The lowest BCUT2D eigenvalue weighted by Crippen LogP contribution is -2.43. The first-order chi connectivity index (χ1) is 10.3. The van der Waals surface area contributed by atoms with E-state index in [1.165, 1.54) is 17.7 Å². The van der Waals surface area contributed by atoms with Crippen molar-refractivity contribution in [1.29, 1.82) is 0 Å². The van der Waals surface area contributed by atoms with Crippen LogP contribution < -0.4 is 10.6 Å². The monoisotopic (exact) mass is 307 g/mol. The van der Waals surface area contributed by atoms with Gasteiger partial charge in [-0.3, -0.25) is 9.69 Å². The summed E-state index contributed by atoms with van der Waals surface area (Å²) in [5.41, 5.74) is 0. The number of carbonyl (C=O) groups excluding carboxylic acids is 1. The number of likely N-dealkylation sites (tertiary alicyclic amines) is 1. The van der Waals surface area contributed by atoms with Crippen molar-refractivity contribution in [3.05, 3.63) is 22.4 Å². The van der Waals surface area contributed by atoms with Gasteiger partial charge in [-0.1, -0.05) is 6.07 Å². The molecule has 116 valence electrons. The van der Waals surface area contributed by atoms with Crippen LogP contribution >= 0.6 is 11.3 Å². The number of amides is 1. The maximum atomic E-state index is 12.3. The van der Waals surface area contributed by atoms with Gasteiger partial charge in [0, 0.05) is 18.0 Å². The molecule has 0 bridgehead atoms. The van der Waals surface area contributed by atoms with Gasteiger partial charge < -0.3 is 10.6 Å². The molecule has 0 radical (unpaired) electrons. The highest BCUT2D eigenvalue weighted by Gasteiger charge is 2.26. The van der Waals surface area contributed by atoms with Gasteiger partial charge >= 0.3 is 0 Å². The molecule has 1 aromatic rings. The van der Waals surface area contributed by atoms with Crippen LogP contribution in [-0.4, -0.2) is 43.5 Å². The summed E-state index contributed by atoms with van der Waals surface area (Å²) in [5, 5.41) is 8.65. The molecule has 0 saturated carbocycles. The summed E-state index contributed by atoms with van der Waals surface area (Å²) in [6, 6.07) is 4.66. The smallest absolute Gasteiger partial charge is 0.224 e. The summed E-state index contributed by atoms with van der Waals surface area (Å²) in [6.07, 6.45) is 4.69. The third-order valence-corrected chi connectivity index (χ3v) is 5.56. The van der Waals surface area contributed by atoms with Gasteiger partial charge in [-0.15, -0.1) is 11.3 Å². The van der Waals surface area contributed by atoms with Crippen LogP contribution in [0.5, 0.6) is 0 Å². The molecule has 2 fully saturated rings. The zero-order chi connectivity index (χ0) is 14.5. The molecule has 21 heavy (non-hydrogen) atoms. The molecule has 0 aliphatic carbocycles. The molecule has 2 aliphatic rings. The van der Waals surface area contributed by atoms with Gasteiger partial charge in [0.1, 0.15) is 0 Å². The number of rotatable bonds is 5. The number of thiophene rings is 1. The molecule has 2 atom stereocenters. The number of piperidine rings is 1. The molecule has 3 heterocycles. The van der Waals surface area contributed by atoms with E-state index in [9.17, 15) is 4.79 Å². The normalized spacial score (nSPS) is 24.9. The zero-order valence-corrected chi connectivity index (χ0v) is 13.3. The summed E-state index contributed by atoms with van der Waals surface area (Å²) in [6.45, 7) is 4.94. The minimum Gasteiger partial charge on any atom is -0.354 e. The van der Waals surface area contributed by atoms with Gasteiger partial charge in [0.05, 0.1) is 12.0 Å². The summed E-state index contributed by atoms with van der Waals surface area (Å²) < 4.78 is 0. The minimum absolute atomic E-state index is 0.154. The van der Waals surface area contributed by atoms with Crippen molar-refractivity contribution in [2.45, 2.75) is 31.7 Å². The van der Waals surface area contributed by atoms with Crippen LogP contribution in [0.4, 0.5) is 0 Å². The number of carbonyl (C=O) groups is 1. The Hall–Kier alpha value is -0.910. The van der Waals surface area contributed by atoms with Crippen molar-refractivity contribution in [2.75, 3.05) is 32.7 Å². The van der Waals surface area contributed by atoms with Gasteiger partial charge in [-0.25, -0.2) is 0 Å². The van der Waals surface area contributed by atoms with Crippen LogP contribution in [-0.2, 0) is 4.79 Å². The first-order valence-corrected chi connectivity index (χ1v) is 8.98. The average Bonchev–Trinajstić information content (AvgIpc) is 3.22. The molecule has 5 heteroatoms. The molecular weight excluding hydrogens is 282 g/mol. The molecule has 2 aliphatic heterocycles. The summed E-state index contributed by atoms with van der Waals surface area (Å²) >= 11 is 1.80. The Morgan fingerprint density at radius 1 is 1.43 bits per heavy atom.